The number of nitrogens with zero attached hydrogens (tertiary/aromatic N) is 2. The van der Waals surface area contributed by atoms with E-state index in [9.17, 15) is 14.4 Å². The van der Waals surface area contributed by atoms with Crippen molar-refractivity contribution >= 4 is 11.8 Å². The van der Waals surface area contributed by atoms with Crippen molar-refractivity contribution in [1.29, 1.82) is 0 Å². The van der Waals surface area contributed by atoms with Crippen molar-refractivity contribution in [3.05, 3.63) is 106 Å². The first-order valence-corrected chi connectivity index (χ1v) is 13.1. The lowest BCUT2D eigenvalue weighted by Gasteiger charge is -2.27. The van der Waals surface area contributed by atoms with E-state index in [1.807, 2.05) is 65.2 Å². The molecule has 186 valence electrons. The summed E-state index contributed by atoms with van der Waals surface area (Å²) in [5, 5.41) is 3.09. The van der Waals surface area contributed by atoms with Gasteiger partial charge in [0, 0.05) is 31.5 Å². The fourth-order valence-electron chi connectivity index (χ4n) is 5.45. The Morgan fingerprint density at radius 2 is 1.31 bits per heavy atom. The first kappa shape index (κ1) is 24.0. The molecule has 1 aliphatic carbocycles. The average molecular weight is 484 g/mol. The molecule has 1 aliphatic heterocycles. The van der Waals surface area contributed by atoms with E-state index in [1.165, 1.54) is 0 Å². The maximum absolute atomic E-state index is 13.7. The van der Waals surface area contributed by atoms with Gasteiger partial charge in [0.1, 0.15) is 11.1 Å². The highest BCUT2D eigenvalue weighted by Crippen LogP contribution is 2.30. The first-order chi connectivity index (χ1) is 17.6. The smallest absolute Gasteiger partial charge is 0.259 e. The molecule has 2 fully saturated rings. The summed E-state index contributed by atoms with van der Waals surface area (Å²) in [4.78, 5) is 42.5. The van der Waals surface area contributed by atoms with Crippen molar-refractivity contribution in [2.75, 3.05) is 13.1 Å². The Kier molecular flexibility index (Phi) is 7.31. The Balaban J connectivity index is 1.53. The predicted molar refractivity (Wildman–Crippen MR) is 140 cm³/mol. The summed E-state index contributed by atoms with van der Waals surface area (Å²) < 4.78 is 1.94. The third-order valence-corrected chi connectivity index (χ3v) is 7.45. The van der Waals surface area contributed by atoms with Gasteiger partial charge in [0.05, 0.1) is 6.04 Å². The zero-order chi connectivity index (χ0) is 24.9. The molecule has 1 saturated heterocycles. The molecule has 5 rings (SSSR count). The van der Waals surface area contributed by atoms with Crippen LogP contribution in [0.1, 0.15) is 88.9 Å². The lowest BCUT2D eigenvalue weighted by atomic mass is 9.98. The number of hydrogen-bond donors (Lipinski definition) is 1. The number of amides is 2. The van der Waals surface area contributed by atoms with Crippen LogP contribution in [0.3, 0.4) is 0 Å². The molecule has 2 aliphatic rings. The Morgan fingerprint density at radius 1 is 0.750 bits per heavy atom. The monoisotopic (exact) mass is 483 g/mol. The summed E-state index contributed by atoms with van der Waals surface area (Å²) in [6.45, 7) is 1.31. The van der Waals surface area contributed by atoms with Crippen molar-refractivity contribution < 1.29 is 9.59 Å². The average Bonchev–Trinajstić information content (AvgIpc) is 3.48. The Bertz CT molecular complexity index is 1220. The fourth-order valence-corrected chi connectivity index (χ4v) is 5.45. The van der Waals surface area contributed by atoms with Gasteiger partial charge in [0.25, 0.3) is 11.8 Å². The van der Waals surface area contributed by atoms with Crippen LogP contribution in [0.2, 0.25) is 0 Å². The predicted octanol–water partition coefficient (Wildman–Crippen LogP) is 5.11. The highest BCUT2D eigenvalue weighted by atomic mass is 16.2. The van der Waals surface area contributed by atoms with Gasteiger partial charge < -0.3 is 14.8 Å². The number of piperidine rings is 1. The summed E-state index contributed by atoms with van der Waals surface area (Å²) in [6, 6.07) is 19.2. The number of carbonyl (C=O) groups is 2. The van der Waals surface area contributed by atoms with Gasteiger partial charge in [-0.05, 0) is 43.2 Å². The van der Waals surface area contributed by atoms with E-state index < -0.39 is 17.4 Å². The van der Waals surface area contributed by atoms with Crippen molar-refractivity contribution in [3.8, 4) is 0 Å². The molecule has 2 amide bonds. The van der Waals surface area contributed by atoms with Gasteiger partial charge in [-0.2, -0.15) is 0 Å². The third kappa shape index (κ3) is 5.13. The zero-order valence-electron chi connectivity index (χ0n) is 20.6. The Morgan fingerprint density at radius 3 is 1.89 bits per heavy atom. The third-order valence-electron chi connectivity index (χ3n) is 7.45. The van der Waals surface area contributed by atoms with Crippen LogP contribution in [-0.2, 0) is 0 Å². The van der Waals surface area contributed by atoms with E-state index in [-0.39, 0.29) is 23.1 Å². The summed E-state index contributed by atoms with van der Waals surface area (Å²) in [5.74, 6) is -0.721. The molecule has 6 nitrogen and oxygen atoms in total. The molecule has 1 aromatic heterocycles. The first-order valence-electron chi connectivity index (χ1n) is 13.1. The molecule has 0 radical (unpaired) electrons. The number of carbonyl (C=O) groups excluding carboxylic acids is 2. The highest BCUT2D eigenvalue weighted by molar-refractivity contribution is 5.99. The molecule has 0 atom stereocenters. The van der Waals surface area contributed by atoms with Gasteiger partial charge in [-0.3, -0.25) is 14.4 Å². The fraction of sp³-hybridized carbons (Fsp3) is 0.367. The van der Waals surface area contributed by atoms with E-state index in [0.717, 1.165) is 56.1 Å². The second kappa shape index (κ2) is 10.9. The molecule has 0 spiro atoms. The maximum atomic E-state index is 13.7. The number of benzene rings is 2. The molecule has 0 bridgehead atoms. The van der Waals surface area contributed by atoms with Crippen LogP contribution in [0.15, 0.2) is 77.9 Å². The van der Waals surface area contributed by atoms with Crippen molar-refractivity contribution in [1.82, 2.24) is 14.8 Å². The normalized spacial score (nSPS) is 16.3. The minimum absolute atomic E-state index is 0.0293. The van der Waals surface area contributed by atoms with E-state index in [1.54, 1.807) is 17.3 Å². The van der Waals surface area contributed by atoms with Gasteiger partial charge >= 0.3 is 0 Å². The van der Waals surface area contributed by atoms with Crippen LogP contribution in [-0.4, -0.2) is 34.4 Å². The van der Waals surface area contributed by atoms with E-state index >= 15 is 0 Å². The molecule has 0 unspecified atom stereocenters. The summed E-state index contributed by atoms with van der Waals surface area (Å²) in [7, 11) is 0. The second-order valence-corrected chi connectivity index (χ2v) is 9.88. The minimum Gasteiger partial charge on any atom is -0.349 e. The lowest BCUT2D eigenvalue weighted by Crippen LogP contribution is -2.40. The summed E-state index contributed by atoms with van der Waals surface area (Å²) in [5.41, 5.74) is 1.49. The van der Waals surface area contributed by atoms with E-state index in [2.05, 4.69) is 5.32 Å². The molecule has 1 saturated carbocycles. The zero-order valence-corrected chi connectivity index (χ0v) is 20.6. The van der Waals surface area contributed by atoms with Crippen molar-refractivity contribution in [2.45, 2.75) is 57.0 Å². The van der Waals surface area contributed by atoms with Crippen LogP contribution in [0.5, 0.6) is 0 Å². The molecular weight excluding hydrogens is 450 g/mol. The van der Waals surface area contributed by atoms with Gasteiger partial charge in [-0.25, -0.2) is 0 Å². The van der Waals surface area contributed by atoms with Crippen molar-refractivity contribution in [2.24, 2.45) is 0 Å². The number of nitrogens with one attached hydrogen (secondary N) is 1. The maximum Gasteiger partial charge on any atom is 0.259 e. The van der Waals surface area contributed by atoms with Gasteiger partial charge in [-0.15, -0.1) is 0 Å². The molecule has 2 aromatic carbocycles. The van der Waals surface area contributed by atoms with Crippen molar-refractivity contribution in [3.63, 3.8) is 0 Å². The van der Waals surface area contributed by atoms with E-state index in [0.29, 0.717) is 13.1 Å². The highest BCUT2D eigenvalue weighted by Gasteiger charge is 2.28. The SMILES string of the molecule is O=C(NC(c1ccccc1)c1ccccc1)c1cn(C2CCCC2)cc(C(=O)N2CCCCC2)c1=O. The number of hydrogen-bond acceptors (Lipinski definition) is 3. The number of pyridine rings is 1. The van der Waals surface area contributed by atoms with Gasteiger partial charge in [0.15, 0.2) is 0 Å². The van der Waals surface area contributed by atoms with Crippen LogP contribution in [0.25, 0.3) is 0 Å². The molecule has 36 heavy (non-hydrogen) atoms. The van der Waals surface area contributed by atoms with Gasteiger partial charge in [-0.1, -0.05) is 73.5 Å². The number of likely N-dealkylation sites (tertiary alicyclic amines) is 1. The molecule has 6 heteroatoms. The van der Waals surface area contributed by atoms with Crippen LogP contribution < -0.4 is 10.7 Å². The van der Waals surface area contributed by atoms with Crippen LogP contribution >= 0.6 is 0 Å². The Hall–Kier alpha value is -3.67. The van der Waals surface area contributed by atoms with E-state index in [4.69, 9.17) is 0 Å². The standard InChI is InChI=1S/C30H33N3O3/c34-28-25(29(35)31-27(22-12-4-1-5-13-22)23-14-6-2-7-15-23)20-33(24-16-8-9-17-24)21-26(28)30(36)32-18-10-3-11-19-32/h1-2,4-7,12-15,20-21,24,27H,3,8-11,16-19H2,(H,31,35). The topological polar surface area (TPSA) is 71.4 Å². The summed E-state index contributed by atoms with van der Waals surface area (Å²) >= 11 is 0. The second-order valence-electron chi connectivity index (χ2n) is 9.88. The van der Waals surface area contributed by atoms with Crippen LogP contribution in [0.4, 0.5) is 0 Å². The molecule has 3 aromatic rings. The largest absolute Gasteiger partial charge is 0.349 e. The van der Waals surface area contributed by atoms with Crippen LogP contribution in [0, 0.1) is 0 Å². The number of aromatic nitrogens is 1. The molecule has 2 heterocycles. The van der Waals surface area contributed by atoms with Gasteiger partial charge in [0.2, 0.25) is 5.43 Å². The lowest BCUT2D eigenvalue weighted by molar-refractivity contribution is 0.0722. The number of rotatable bonds is 6. The molecular formula is C30H33N3O3. The summed E-state index contributed by atoms with van der Waals surface area (Å²) in [6.07, 6.45) is 10.5. The Labute approximate surface area is 212 Å². The quantitative estimate of drug-likeness (QED) is 0.530. The minimum atomic E-state index is -0.489. The molecule has 1 N–H and O–H groups in total.